The van der Waals surface area contributed by atoms with Gasteiger partial charge in [0.2, 0.25) is 0 Å². The van der Waals surface area contributed by atoms with E-state index in [2.05, 4.69) is 153 Å². The summed E-state index contributed by atoms with van der Waals surface area (Å²) >= 11 is 0. The van der Waals surface area contributed by atoms with Crippen LogP contribution in [-0.4, -0.2) is 23.4 Å². The fraction of sp³-hybridized carbons (Fsp3) is 0.170. The second-order valence-electron chi connectivity index (χ2n) is 16.4. The predicted octanol–water partition coefficient (Wildman–Crippen LogP) is 12.9. The summed E-state index contributed by atoms with van der Waals surface area (Å²) in [6.07, 6.45) is 2.33. The molecular weight excluding hydrogens is 669 g/mol. The molecule has 0 aliphatic heterocycles. The number of fused-ring (bicyclic) bond motifs is 6. The molecule has 0 heterocycles. The van der Waals surface area contributed by atoms with Gasteiger partial charge in [-0.1, -0.05) is 141 Å². The molecule has 2 aliphatic carbocycles. The van der Waals surface area contributed by atoms with Crippen molar-refractivity contribution in [2.45, 2.75) is 38.5 Å². The molecule has 9 aromatic carbocycles. The Morgan fingerprint density at radius 2 is 1.02 bits per heavy atom. The van der Waals surface area contributed by atoms with Gasteiger partial charge < -0.3 is 10.2 Å². The lowest BCUT2D eigenvalue weighted by molar-refractivity contribution is 0.197. The number of aliphatic hydroxyl groups is 2. The zero-order valence-electron chi connectivity index (χ0n) is 31.3. The molecule has 1 unspecified atom stereocenters. The van der Waals surface area contributed by atoms with Gasteiger partial charge in [-0.25, -0.2) is 0 Å². The fourth-order valence-corrected chi connectivity index (χ4v) is 10.5. The van der Waals surface area contributed by atoms with Crippen molar-refractivity contribution in [3.63, 3.8) is 0 Å². The number of aliphatic hydroxyl groups excluding tert-OH is 2. The van der Waals surface area contributed by atoms with E-state index >= 15 is 0 Å². The molecule has 11 rings (SSSR count). The molecule has 2 N–H and O–H groups in total. The Morgan fingerprint density at radius 1 is 0.473 bits per heavy atom. The highest BCUT2D eigenvalue weighted by Gasteiger charge is 2.43. The van der Waals surface area contributed by atoms with Crippen LogP contribution in [-0.2, 0) is 11.8 Å². The molecule has 0 saturated carbocycles. The zero-order valence-corrected chi connectivity index (χ0v) is 31.3. The molecule has 0 radical (unpaired) electrons. The first-order valence-electron chi connectivity index (χ1n) is 19.9. The summed E-state index contributed by atoms with van der Waals surface area (Å²) in [5, 5.41) is 32.1. The van der Waals surface area contributed by atoms with Gasteiger partial charge in [0.05, 0.1) is 6.61 Å². The monoisotopic (exact) mass is 710 g/mol. The van der Waals surface area contributed by atoms with E-state index in [0.717, 1.165) is 28.7 Å². The van der Waals surface area contributed by atoms with Crippen molar-refractivity contribution in [3.8, 4) is 55.6 Å². The topological polar surface area (TPSA) is 40.5 Å². The molecule has 1 atom stereocenters. The molecular formula is C53H42O2. The Kier molecular flexibility index (Phi) is 7.18. The lowest BCUT2D eigenvalue weighted by Gasteiger charge is -2.30. The van der Waals surface area contributed by atoms with Crippen LogP contribution in [0.25, 0.3) is 98.7 Å². The quantitative estimate of drug-likeness (QED) is 0.154. The molecule has 55 heavy (non-hydrogen) atoms. The van der Waals surface area contributed by atoms with Crippen LogP contribution in [0, 0.1) is 5.92 Å². The van der Waals surface area contributed by atoms with Gasteiger partial charge in [-0.15, -0.1) is 0 Å². The minimum absolute atomic E-state index is 0.0315. The van der Waals surface area contributed by atoms with Gasteiger partial charge in [0, 0.05) is 12.0 Å². The number of hydrogen-bond donors (Lipinski definition) is 2. The van der Waals surface area contributed by atoms with Gasteiger partial charge in [0.15, 0.2) is 0 Å². The summed E-state index contributed by atoms with van der Waals surface area (Å²) < 4.78 is 0. The Labute approximate surface area is 321 Å². The normalized spacial score (nSPS) is 15.5. The van der Waals surface area contributed by atoms with E-state index in [1.54, 1.807) is 0 Å². The maximum atomic E-state index is 11.6. The van der Waals surface area contributed by atoms with Crippen LogP contribution in [0.1, 0.15) is 43.4 Å². The number of rotatable bonds is 8. The third-order valence-corrected chi connectivity index (χ3v) is 12.9. The van der Waals surface area contributed by atoms with Crippen LogP contribution in [0.4, 0.5) is 0 Å². The van der Waals surface area contributed by atoms with Crippen molar-refractivity contribution in [1.82, 2.24) is 0 Å². The summed E-state index contributed by atoms with van der Waals surface area (Å²) in [7, 11) is 0. The third-order valence-electron chi connectivity index (χ3n) is 12.9. The average molecular weight is 711 g/mol. The molecule has 0 fully saturated rings. The predicted molar refractivity (Wildman–Crippen MR) is 231 cm³/mol. The minimum atomic E-state index is -0.638. The fourth-order valence-electron chi connectivity index (χ4n) is 10.5. The van der Waals surface area contributed by atoms with Crippen molar-refractivity contribution in [2.24, 2.45) is 5.92 Å². The van der Waals surface area contributed by atoms with Crippen LogP contribution in [0.5, 0.6) is 0 Å². The summed E-state index contributed by atoms with van der Waals surface area (Å²) in [6.45, 7) is 4.62. The van der Waals surface area contributed by atoms with Gasteiger partial charge in [0.25, 0.3) is 0 Å². The number of hydrogen-bond acceptors (Lipinski definition) is 2. The molecule has 0 aromatic heterocycles. The largest absolute Gasteiger partial charge is 0.396 e. The lowest BCUT2D eigenvalue weighted by Crippen LogP contribution is -2.30. The van der Waals surface area contributed by atoms with Crippen LogP contribution < -0.4 is 0 Å². The van der Waals surface area contributed by atoms with E-state index < -0.39 is 5.41 Å². The van der Waals surface area contributed by atoms with Crippen LogP contribution in [0.2, 0.25) is 0 Å². The molecule has 2 aliphatic rings. The second-order valence-corrected chi connectivity index (χ2v) is 16.4. The van der Waals surface area contributed by atoms with Crippen molar-refractivity contribution in [1.29, 1.82) is 0 Å². The molecule has 266 valence electrons. The zero-order chi connectivity index (χ0) is 37.0. The van der Waals surface area contributed by atoms with E-state index in [4.69, 9.17) is 0 Å². The summed E-state index contributed by atoms with van der Waals surface area (Å²) in [5.41, 5.74) is 15.3. The van der Waals surface area contributed by atoms with Crippen molar-refractivity contribution in [3.05, 3.63) is 156 Å². The highest BCUT2D eigenvalue weighted by molar-refractivity contribution is 6.25. The smallest absolute Gasteiger partial charge is 0.0569 e. The van der Waals surface area contributed by atoms with Gasteiger partial charge in [0.1, 0.15) is 0 Å². The Hall–Kier alpha value is -5.80. The molecule has 0 spiro atoms. The second kappa shape index (κ2) is 12.1. The molecule has 9 aromatic rings. The van der Waals surface area contributed by atoms with Crippen LogP contribution in [0.15, 0.2) is 140 Å². The summed E-state index contributed by atoms with van der Waals surface area (Å²) in [4.78, 5) is 0. The third kappa shape index (κ3) is 4.62. The maximum Gasteiger partial charge on any atom is 0.0569 e. The van der Waals surface area contributed by atoms with E-state index in [1.165, 1.54) is 93.2 Å². The molecule has 2 heteroatoms. The van der Waals surface area contributed by atoms with Crippen molar-refractivity contribution in [2.75, 3.05) is 13.2 Å². The molecule has 0 saturated heterocycles. The summed E-state index contributed by atoms with van der Waals surface area (Å²) in [6, 6.07) is 52.2. The lowest BCUT2D eigenvalue weighted by atomic mass is 9.74. The van der Waals surface area contributed by atoms with E-state index in [9.17, 15) is 10.2 Å². The minimum Gasteiger partial charge on any atom is -0.396 e. The van der Waals surface area contributed by atoms with Gasteiger partial charge >= 0.3 is 0 Å². The maximum absolute atomic E-state index is 11.6. The Morgan fingerprint density at radius 3 is 1.67 bits per heavy atom. The van der Waals surface area contributed by atoms with Gasteiger partial charge in [-0.05, 0) is 153 Å². The first-order valence-corrected chi connectivity index (χ1v) is 19.9. The SMILES string of the molecule is CC(C)Cc1cc2ccc3ccc(-c4ccc5c(c4)C(CO)(CCCO)c4cc(-c6ccc7c8c(cccc68)-c6ccccc6-7)ccc4-5)c4ccc(c1)c2c34. The first-order chi connectivity index (χ1) is 27.0. The van der Waals surface area contributed by atoms with Crippen molar-refractivity contribution < 1.29 is 10.2 Å². The van der Waals surface area contributed by atoms with E-state index in [-0.39, 0.29) is 13.2 Å². The van der Waals surface area contributed by atoms with E-state index in [1.807, 2.05) is 0 Å². The van der Waals surface area contributed by atoms with Gasteiger partial charge in [-0.2, -0.15) is 0 Å². The Bertz CT molecular complexity index is 2970. The molecule has 2 nitrogen and oxygen atoms in total. The van der Waals surface area contributed by atoms with Gasteiger partial charge in [-0.3, -0.25) is 0 Å². The highest BCUT2D eigenvalue weighted by atomic mass is 16.3. The van der Waals surface area contributed by atoms with Crippen LogP contribution >= 0.6 is 0 Å². The molecule has 0 bridgehead atoms. The van der Waals surface area contributed by atoms with Crippen molar-refractivity contribution >= 4 is 43.1 Å². The summed E-state index contributed by atoms with van der Waals surface area (Å²) in [5.74, 6) is 0.605. The number of benzene rings is 9. The average Bonchev–Trinajstić information content (AvgIpc) is 3.69. The Balaban J connectivity index is 1.07. The standard InChI is InChI=1S/C53H42O2/c1-31(2)25-32-26-36-12-11-33-13-17-38(46-20-16-37(27-32)50(36)51(33)46)34-14-18-42-43-19-15-35(29-49(43)53(30-55,23-6-24-54)48(42)28-34)39-21-22-47-41-8-4-3-7-40(41)45-10-5-9-44(39)52(45)47/h3-5,7-22,26-29,31,54-55H,6,23-25,30H2,1-2H3. The van der Waals surface area contributed by atoms with E-state index in [0.29, 0.717) is 18.8 Å². The molecule has 0 amide bonds. The first kappa shape index (κ1) is 32.6. The highest BCUT2D eigenvalue weighted by Crippen LogP contribution is 2.55. The van der Waals surface area contributed by atoms with Crippen LogP contribution in [0.3, 0.4) is 0 Å².